The van der Waals surface area contributed by atoms with E-state index < -0.39 is 11.2 Å². The van der Waals surface area contributed by atoms with Crippen molar-refractivity contribution < 1.29 is 4.79 Å². The molecular weight excluding hydrogens is 380 g/mol. The maximum absolute atomic E-state index is 12.8. The van der Waals surface area contributed by atoms with Gasteiger partial charge in [-0.05, 0) is 29.7 Å². The lowest BCUT2D eigenvalue weighted by molar-refractivity contribution is -0.115. The van der Waals surface area contributed by atoms with Crippen molar-refractivity contribution in [3.05, 3.63) is 67.4 Å². The number of hydrogen-bond acceptors (Lipinski definition) is 4. The minimum atomic E-state index is -0.481. The van der Waals surface area contributed by atoms with Gasteiger partial charge in [-0.25, -0.2) is 9.78 Å². The molecule has 3 aromatic rings. The van der Waals surface area contributed by atoms with Gasteiger partial charge in [-0.2, -0.15) is 0 Å². The molecule has 0 saturated carbocycles. The Kier molecular flexibility index (Phi) is 5.65. The largest absolute Gasteiger partial charge is 0.332 e. The van der Waals surface area contributed by atoms with Gasteiger partial charge >= 0.3 is 5.69 Å². The molecule has 0 unspecified atom stereocenters. The summed E-state index contributed by atoms with van der Waals surface area (Å²) in [6.07, 6.45) is 3.21. The van der Waals surface area contributed by atoms with Crippen LogP contribution in [0.5, 0.6) is 0 Å². The quantitative estimate of drug-likeness (QED) is 0.712. The SMILES string of the molecule is CCCc1cnc2c(c1NC(=O)Cc1ccc(Cl)cc1)c(=O)n(C)c(=O)n2C. The molecule has 1 aromatic carbocycles. The normalized spacial score (nSPS) is 11.0. The summed E-state index contributed by atoms with van der Waals surface area (Å²) in [5, 5.41) is 3.71. The highest BCUT2D eigenvalue weighted by molar-refractivity contribution is 6.30. The van der Waals surface area contributed by atoms with Gasteiger partial charge in [-0.1, -0.05) is 37.1 Å². The van der Waals surface area contributed by atoms with Gasteiger partial charge in [0.05, 0.1) is 12.1 Å². The van der Waals surface area contributed by atoms with Crippen molar-refractivity contribution in [2.24, 2.45) is 14.1 Å². The van der Waals surface area contributed by atoms with E-state index in [0.29, 0.717) is 17.1 Å². The Bertz CT molecular complexity index is 1160. The van der Waals surface area contributed by atoms with Gasteiger partial charge in [-0.15, -0.1) is 0 Å². The molecule has 2 heterocycles. The van der Waals surface area contributed by atoms with Crippen LogP contribution in [0.3, 0.4) is 0 Å². The van der Waals surface area contributed by atoms with Crippen molar-refractivity contribution in [1.29, 1.82) is 0 Å². The number of benzene rings is 1. The number of pyridine rings is 1. The predicted molar refractivity (Wildman–Crippen MR) is 110 cm³/mol. The average Bonchev–Trinajstić information content (AvgIpc) is 2.67. The van der Waals surface area contributed by atoms with Crippen LogP contribution in [0.25, 0.3) is 11.0 Å². The Hall–Kier alpha value is -2.93. The highest BCUT2D eigenvalue weighted by Gasteiger charge is 2.18. The Labute approximate surface area is 166 Å². The predicted octanol–water partition coefficient (Wildman–Crippen LogP) is 2.42. The van der Waals surface area contributed by atoms with E-state index in [1.54, 1.807) is 37.5 Å². The van der Waals surface area contributed by atoms with Crippen molar-refractivity contribution in [3.8, 4) is 0 Å². The third kappa shape index (κ3) is 3.71. The molecule has 1 amide bonds. The molecule has 1 N–H and O–H groups in total. The number of aromatic nitrogens is 3. The molecule has 28 heavy (non-hydrogen) atoms. The summed E-state index contributed by atoms with van der Waals surface area (Å²) >= 11 is 5.89. The first-order valence-corrected chi connectivity index (χ1v) is 9.33. The fourth-order valence-corrected chi connectivity index (χ4v) is 3.27. The second-order valence-electron chi connectivity index (χ2n) is 6.66. The fourth-order valence-electron chi connectivity index (χ4n) is 3.14. The molecule has 0 aliphatic heterocycles. The van der Waals surface area contributed by atoms with Gasteiger partial charge < -0.3 is 5.32 Å². The molecule has 0 radical (unpaired) electrons. The summed E-state index contributed by atoms with van der Waals surface area (Å²) < 4.78 is 2.33. The molecule has 0 spiro atoms. The van der Waals surface area contributed by atoms with Crippen LogP contribution in [0, 0.1) is 0 Å². The van der Waals surface area contributed by atoms with Gasteiger partial charge in [0.15, 0.2) is 5.65 Å². The van der Waals surface area contributed by atoms with Crippen LogP contribution in [0.15, 0.2) is 40.1 Å². The Morgan fingerprint density at radius 3 is 2.46 bits per heavy atom. The second kappa shape index (κ2) is 7.98. The third-order valence-electron chi connectivity index (χ3n) is 4.61. The maximum atomic E-state index is 12.8. The minimum absolute atomic E-state index is 0.138. The number of carbonyl (C=O) groups is 1. The van der Waals surface area contributed by atoms with Crippen molar-refractivity contribution in [1.82, 2.24) is 14.1 Å². The minimum Gasteiger partial charge on any atom is -0.325 e. The van der Waals surface area contributed by atoms with Crippen LogP contribution in [-0.2, 0) is 31.7 Å². The smallest absolute Gasteiger partial charge is 0.325 e. The van der Waals surface area contributed by atoms with Crippen molar-refractivity contribution in [2.75, 3.05) is 5.32 Å². The van der Waals surface area contributed by atoms with Crippen molar-refractivity contribution >= 4 is 34.2 Å². The van der Waals surface area contributed by atoms with Gasteiger partial charge in [-0.3, -0.25) is 18.7 Å². The van der Waals surface area contributed by atoms with Crippen LogP contribution in [-0.4, -0.2) is 20.0 Å². The zero-order valence-electron chi connectivity index (χ0n) is 16.0. The summed E-state index contributed by atoms with van der Waals surface area (Å²) in [5.41, 5.74) is 1.28. The summed E-state index contributed by atoms with van der Waals surface area (Å²) in [6.45, 7) is 2.00. The van der Waals surface area contributed by atoms with Crippen LogP contribution >= 0.6 is 11.6 Å². The molecule has 0 saturated heterocycles. The molecule has 0 atom stereocenters. The Morgan fingerprint density at radius 1 is 1.14 bits per heavy atom. The maximum Gasteiger partial charge on any atom is 0.332 e. The zero-order chi connectivity index (χ0) is 20.4. The monoisotopic (exact) mass is 400 g/mol. The lowest BCUT2D eigenvalue weighted by atomic mass is 10.1. The molecular formula is C20H21ClN4O3. The summed E-state index contributed by atoms with van der Waals surface area (Å²) in [5.74, 6) is -0.261. The summed E-state index contributed by atoms with van der Waals surface area (Å²) in [7, 11) is 2.96. The Morgan fingerprint density at radius 2 is 1.82 bits per heavy atom. The number of anilines is 1. The number of halogens is 1. The van der Waals surface area contributed by atoms with Gasteiger partial charge in [0.2, 0.25) is 5.91 Å². The first kappa shape index (κ1) is 19.8. The molecule has 2 aromatic heterocycles. The molecule has 0 aliphatic rings. The van der Waals surface area contributed by atoms with Crippen LogP contribution < -0.4 is 16.6 Å². The highest BCUT2D eigenvalue weighted by Crippen LogP contribution is 2.24. The van der Waals surface area contributed by atoms with E-state index in [0.717, 1.165) is 22.1 Å². The van der Waals surface area contributed by atoms with E-state index in [-0.39, 0.29) is 23.4 Å². The average molecular weight is 401 g/mol. The van der Waals surface area contributed by atoms with Gasteiger partial charge in [0.1, 0.15) is 5.39 Å². The number of amides is 1. The lowest BCUT2D eigenvalue weighted by Gasteiger charge is -2.15. The number of nitrogens with zero attached hydrogens (tertiary/aromatic N) is 3. The number of nitrogens with one attached hydrogen (secondary N) is 1. The number of rotatable bonds is 5. The van der Waals surface area contributed by atoms with Gasteiger partial charge in [0, 0.05) is 25.3 Å². The lowest BCUT2D eigenvalue weighted by Crippen LogP contribution is -2.38. The number of aryl methyl sites for hydroxylation is 2. The summed E-state index contributed by atoms with van der Waals surface area (Å²) in [4.78, 5) is 42.0. The van der Waals surface area contributed by atoms with E-state index in [4.69, 9.17) is 11.6 Å². The Balaban J connectivity index is 2.10. The first-order chi connectivity index (χ1) is 13.3. The number of fused-ring (bicyclic) bond motifs is 1. The van der Waals surface area contributed by atoms with Crippen molar-refractivity contribution in [3.63, 3.8) is 0 Å². The fraction of sp³-hybridized carbons (Fsp3) is 0.300. The van der Waals surface area contributed by atoms with Crippen LogP contribution in [0.4, 0.5) is 5.69 Å². The number of carbonyl (C=O) groups excluding carboxylic acids is 1. The molecule has 3 rings (SSSR count). The molecule has 7 nitrogen and oxygen atoms in total. The molecule has 0 bridgehead atoms. The highest BCUT2D eigenvalue weighted by atomic mass is 35.5. The standard InChI is InChI=1S/C20H21ClN4O3/c1-4-5-13-11-22-18-16(19(27)25(3)20(28)24(18)2)17(13)23-15(26)10-12-6-8-14(21)9-7-12/h6-9,11H,4-5,10H2,1-3H3,(H,22,23,26). The molecule has 0 fully saturated rings. The van der Waals surface area contributed by atoms with E-state index in [1.165, 1.54) is 11.6 Å². The van der Waals surface area contributed by atoms with Crippen LogP contribution in [0.2, 0.25) is 5.02 Å². The van der Waals surface area contributed by atoms with Crippen molar-refractivity contribution in [2.45, 2.75) is 26.2 Å². The molecule has 8 heteroatoms. The number of hydrogen-bond donors (Lipinski definition) is 1. The van der Waals surface area contributed by atoms with Gasteiger partial charge in [0.25, 0.3) is 5.56 Å². The first-order valence-electron chi connectivity index (χ1n) is 8.95. The van der Waals surface area contributed by atoms with Crippen LogP contribution in [0.1, 0.15) is 24.5 Å². The third-order valence-corrected chi connectivity index (χ3v) is 4.86. The van der Waals surface area contributed by atoms with E-state index in [1.807, 2.05) is 6.92 Å². The van der Waals surface area contributed by atoms with E-state index >= 15 is 0 Å². The second-order valence-corrected chi connectivity index (χ2v) is 7.10. The van der Waals surface area contributed by atoms with E-state index in [9.17, 15) is 14.4 Å². The molecule has 0 aliphatic carbocycles. The summed E-state index contributed by atoms with van der Waals surface area (Å²) in [6, 6.07) is 7.00. The zero-order valence-corrected chi connectivity index (χ0v) is 16.7. The topological polar surface area (TPSA) is 86.0 Å². The van der Waals surface area contributed by atoms with E-state index in [2.05, 4.69) is 10.3 Å². The molecule has 146 valence electrons.